The van der Waals surface area contributed by atoms with Gasteiger partial charge in [0.25, 0.3) is 0 Å². The van der Waals surface area contributed by atoms with Crippen molar-refractivity contribution in [3.8, 4) is 5.75 Å². The Kier molecular flexibility index (Phi) is 5.25. The van der Waals surface area contributed by atoms with Crippen LogP contribution in [0.3, 0.4) is 0 Å². The van der Waals surface area contributed by atoms with Crippen molar-refractivity contribution < 1.29 is 13.9 Å². The van der Waals surface area contributed by atoms with Gasteiger partial charge in [0.15, 0.2) is 0 Å². The Balaban J connectivity index is 1.50. The molecule has 4 nitrogen and oxygen atoms in total. The summed E-state index contributed by atoms with van der Waals surface area (Å²) in [7, 11) is 1.69. The molecule has 1 aliphatic carbocycles. The van der Waals surface area contributed by atoms with Crippen molar-refractivity contribution in [2.24, 2.45) is 0 Å². The molecule has 1 aliphatic heterocycles. The summed E-state index contributed by atoms with van der Waals surface area (Å²) >= 11 is 0. The zero-order chi connectivity index (χ0) is 19.6. The maximum absolute atomic E-state index is 13.6. The summed E-state index contributed by atoms with van der Waals surface area (Å²) in [6.07, 6.45) is 3.79. The van der Waals surface area contributed by atoms with Crippen molar-refractivity contribution in [2.75, 3.05) is 38.2 Å². The van der Waals surface area contributed by atoms with Gasteiger partial charge >= 0.3 is 0 Å². The summed E-state index contributed by atoms with van der Waals surface area (Å²) in [6.45, 7) is 2.96. The van der Waals surface area contributed by atoms with Gasteiger partial charge in [0.1, 0.15) is 11.6 Å². The zero-order valence-corrected chi connectivity index (χ0v) is 16.4. The number of anilines is 1. The molecule has 1 amide bonds. The van der Waals surface area contributed by atoms with Gasteiger partial charge in [-0.1, -0.05) is 37.1 Å². The van der Waals surface area contributed by atoms with Gasteiger partial charge in [0.2, 0.25) is 5.91 Å². The van der Waals surface area contributed by atoms with E-state index in [1.165, 1.54) is 12.1 Å². The van der Waals surface area contributed by atoms with Crippen molar-refractivity contribution in [3.05, 3.63) is 59.9 Å². The van der Waals surface area contributed by atoms with Crippen molar-refractivity contribution in [2.45, 2.75) is 31.1 Å². The minimum absolute atomic E-state index is 0.205. The first-order valence-corrected chi connectivity index (χ1v) is 10.1. The topological polar surface area (TPSA) is 32.8 Å². The van der Waals surface area contributed by atoms with Crippen LogP contribution in [0.25, 0.3) is 0 Å². The molecule has 2 fully saturated rings. The summed E-state index contributed by atoms with van der Waals surface area (Å²) in [6, 6.07) is 14.5. The number of piperazine rings is 1. The first-order valence-electron chi connectivity index (χ1n) is 10.1. The van der Waals surface area contributed by atoms with E-state index < -0.39 is 5.41 Å². The highest BCUT2D eigenvalue weighted by atomic mass is 19.1. The minimum Gasteiger partial charge on any atom is -0.495 e. The highest BCUT2D eigenvalue weighted by molar-refractivity contribution is 5.89. The predicted molar refractivity (Wildman–Crippen MR) is 108 cm³/mol. The van der Waals surface area contributed by atoms with Crippen LogP contribution in [0.15, 0.2) is 48.5 Å². The molecular weight excluding hydrogens is 355 g/mol. The van der Waals surface area contributed by atoms with Crippen LogP contribution in [0.4, 0.5) is 10.1 Å². The maximum Gasteiger partial charge on any atom is 0.233 e. The van der Waals surface area contributed by atoms with E-state index in [1.54, 1.807) is 19.2 Å². The van der Waals surface area contributed by atoms with Gasteiger partial charge in [0.05, 0.1) is 18.2 Å². The second kappa shape index (κ2) is 7.82. The van der Waals surface area contributed by atoms with Gasteiger partial charge in [-0.05, 0) is 42.7 Å². The molecule has 2 aliphatic rings. The van der Waals surface area contributed by atoms with Gasteiger partial charge in [0, 0.05) is 26.2 Å². The highest BCUT2D eigenvalue weighted by Crippen LogP contribution is 2.43. The second-order valence-corrected chi connectivity index (χ2v) is 7.75. The molecule has 28 heavy (non-hydrogen) atoms. The summed E-state index contributed by atoms with van der Waals surface area (Å²) in [5.41, 5.74) is 1.55. The average molecular weight is 382 g/mol. The average Bonchev–Trinajstić information content (AvgIpc) is 3.25. The van der Waals surface area contributed by atoms with Crippen LogP contribution in [-0.4, -0.2) is 44.1 Å². The third-order valence-corrected chi connectivity index (χ3v) is 6.26. The molecule has 0 unspecified atom stereocenters. The number of benzene rings is 2. The predicted octanol–water partition coefficient (Wildman–Crippen LogP) is 3.99. The molecule has 4 rings (SSSR count). The van der Waals surface area contributed by atoms with E-state index in [-0.39, 0.29) is 11.7 Å². The van der Waals surface area contributed by atoms with Crippen molar-refractivity contribution in [1.29, 1.82) is 0 Å². The highest BCUT2D eigenvalue weighted by Gasteiger charge is 2.45. The first kappa shape index (κ1) is 18.8. The molecule has 5 heteroatoms. The summed E-state index contributed by atoms with van der Waals surface area (Å²) in [5, 5.41) is 0. The Labute approximate surface area is 165 Å². The zero-order valence-electron chi connectivity index (χ0n) is 16.4. The standard InChI is InChI=1S/C23H27FN2O2/c1-28-21-7-3-2-6-20(21)25-14-16-26(17-15-25)22(27)23(12-4-5-13-23)18-8-10-19(24)11-9-18/h2-3,6-11H,4-5,12-17H2,1H3. The van der Waals surface area contributed by atoms with Crippen LogP contribution in [0, 0.1) is 5.82 Å². The van der Waals surface area contributed by atoms with Gasteiger partial charge in [-0.2, -0.15) is 0 Å². The molecule has 2 aromatic rings. The van der Waals surface area contributed by atoms with E-state index in [2.05, 4.69) is 11.0 Å². The normalized spacial score (nSPS) is 18.9. The molecule has 1 saturated carbocycles. The number of methoxy groups -OCH3 is 1. The lowest BCUT2D eigenvalue weighted by atomic mass is 9.77. The van der Waals surface area contributed by atoms with E-state index in [9.17, 15) is 9.18 Å². The van der Waals surface area contributed by atoms with Gasteiger partial charge in [-0.15, -0.1) is 0 Å². The Morgan fingerprint density at radius 3 is 2.25 bits per heavy atom. The Morgan fingerprint density at radius 2 is 1.61 bits per heavy atom. The van der Waals surface area contributed by atoms with Crippen LogP contribution < -0.4 is 9.64 Å². The molecule has 1 saturated heterocycles. The van der Waals surface area contributed by atoms with Gasteiger partial charge < -0.3 is 14.5 Å². The molecule has 1 heterocycles. The first-order chi connectivity index (χ1) is 13.6. The van der Waals surface area contributed by atoms with Crippen LogP contribution in [-0.2, 0) is 10.2 Å². The molecule has 2 aromatic carbocycles. The van der Waals surface area contributed by atoms with Crippen molar-refractivity contribution >= 4 is 11.6 Å². The number of hydrogen-bond acceptors (Lipinski definition) is 3. The summed E-state index contributed by atoms with van der Waals surface area (Å²) in [4.78, 5) is 17.8. The lowest BCUT2D eigenvalue weighted by molar-refractivity contribution is -0.137. The van der Waals surface area contributed by atoms with E-state index in [1.807, 2.05) is 23.1 Å². The van der Waals surface area contributed by atoms with Crippen molar-refractivity contribution in [1.82, 2.24) is 4.90 Å². The third kappa shape index (κ3) is 3.34. The fourth-order valence-electron chi connectivity index (χ4n) is 4.72. The smallest absolute Gasteiger partial charge is 0.233 e. The fourth-order valence-corrected chi connectivity index (χ4v) is 4.72. The monoisotopic (exact) mass is 382 g/mol. The quantitative estimate of drug-likeness (QED) is 0.801. The van der Waals surface area contributed by atoms with Crippen LogP contribution in [0.1, 0.15) is 31.2 Å². The summed E-state index contributed by atoms with van der Waals surface area (Å²) < 4.78 is 18.9. The largest absolute Gasteiger partial charge is 0.495 e. The number of amides is 1. The number of carbonyl (C=O) groups is 1. The number of ether oxygens (including phenoxy) is 1. The third-order valence-electron chi connectivity index (χ3n) is 6.26. The molecule has 0 radical (unpaired) electrons. The van der Waals surface area contributed by atoms with E-state index in [4.69, 9.17) is 4.74 Å². The number of para-hydroxylation sites is 2. The molecule has 0 spiro atoms. The van der Waals surface area contributed by atoms with Crippen LogP contribution >= 0.6 is 0 Å². The number of rotatable bonds is 4. The Bertz CT molecular complexity index is 823. The van der Waals surface area contributed by atoms with Crippen molar-refractivity contribution in [3.63, 3.8) is 0 Å². The minimum atomic E-state index is -0.486. The molecule has 0 N–H and O–H groups in total. The van der Waals surface area contributed by atoms with Gasteiger partial charge in [-0.25, -0.2) is 4.39 Å². The number of halogens is 1. The Hall–Kier alpha value is -2.56. The molecule has 148 valence electrons. The lowest BCUT2D eigenvalue weighted by Gasteiger charge is -2.41. The maximum atomic E-state index is 13.6. The number of carbonyl (C=O) groups excluding carboxylic acids is 1. The van der Waals surface area contributed by atoms with Crippen LogP contribution in [0.2, 0.25) is 0 Å². The number of hydrogen-bond donors (Lipinski definition) is 0. The van der Waals surface area contributed by atoms with E-state index in [0.29, 0.717) is 13.1 Å². The molecule has 0 aromatic heterocycles. The summed E-state index contributed by atoms with van der Waals surface area (Å²) in [5.74, 6) is 0.812. The second-order valence-electron chi connectivity index (χ2n) is 7.75. The van der Waals surface area contributed by atoms with Gasteiger partial charge in [-0.3, -0.25) is 4.79 Å². The SMILES string of the molecule is COc1ccccc1N1CCN(C(=O)C2(c3ccc(F)cc3)CCCC2)CC1. The molecule has 0 atom stereocenters. The fraction of sp³-hybridized carbons (Fsp3) is 0.435. The Morgan fingerprint density at radius 1 is 0.964 bits per heavy atom. The van der Waals surface area contributed by atoms with E-state index >= 15 is 0 Å². The van der Waals surface area contributed by atoms with E-state index in [0.717, 1.165) is 55.8 Å². The molecule has 0 bridgehead atoms. The number of nitrogens with zero attached hydrogens (tertiary/aromatic N) is 2. The van der Waals surface area contributed by atoms with Crippen LogP contribution in [0.5, 0.6) is 5.75 Å². The molecular formula is C23H27FN2O2. The lowest BCUT2D eigenvalue weighted by Crippen LogP contribution is -2.54.